The maximum atomic E-state index is 13.2. The number of nitrogens with two attached hydrogens (primary N) is 1. The number of phenolic OH excluding ortho intramolecular Hbond substituents is 1. The molecular weight excluding hydrogens is 220 g/mol. The van der Waals surface area contributed by atoms with E-state index < -0.39 is 17.4 Å². The predicted octanol–water partition coefficient (Wildman–Crippen LogP) is 1.29. The molecule has 0 spiro atoms. The van der Waals surface area contributed by atoms with Gasteiger partial charge in [-0.25, -0.2) is 13.6 Å². The Morgan fingerprint density at radius 2 is 1.75 bits per heavy atom. The van der Waals surface area contributed by atoms with Crippen LogP contribution in [0, 0.1) is 0 Å². The van der Waals surface area contributed by atoms with E-state index in [-0.39, 0.29) is 11.3 Å². The molecule has 0 aliphatic carbocycles. The second-order valence-corrected chi connectivity index (χ2v) is 3.55. The van der Waals surface area contributed by atoms with E-state index in [0.717, 1.165) is 24.3 Å². The number of phenols is 1. The number of aliphatic carboxylic acids is 1. The van der Waals surface area contributed by atoms with Crippen molar-refractivity contribution in [1.29, 1.82) is 0 Å². The van der Waals surface area contributed by atoms with Gasteiger partial charge >= 0.3 is 5.97 Å². The van der Waals surface area contributed by atoms with E-state index in [1.54, 1.807) is 0 Å². The molecule has 1 unspecified atom stereocenters. The molecule has 0 fully saturated rings. The van der Waals surface area contributed by atoms with Gasteiger partial charge in [0, 0.05) is 6.92 Å². The number of carboxylic acid groups (broad SMARTS) is 1. The fourth-order valence-corrected chi connectivity index (χ4v) is 1.29. The first-order valence-corrected chi connectivity index (χ1v) is 4.39. The lowest BCUT2D eigenvalue weighted by Gasteiger charge is -2.31. The molecular formula is C10H11F2NO3. The Labute approximate surface area is 90.3 Å². The highest BCUT2D eigenvalue weighted by molar-refractivity contribution is 5.82. The molecule has 0 radical (unpaired) electrons. The number of rotatable bonds is 3. The van der Waals surface area contributed by atoms with Crippen molar-refractivity contribution in [1.82, 2.24) is 0 Å². The summed E-state index contributed by atoms with van der Waals surface area (Å²) in [5.74, 6) is -5.61. The predicted molar refractivity (Wildman–Crippen MR) is 52.2 cm³/mol. The highest BCUT2D eigenvalue weighted by Gasteiger charge is 2.54. The summed E-state index contributed by atoms with van der Waals surface area (Å²) in [5.41, 5.74) is 2.18. The maximum Gasteiger partial charge on any atom is 0.334 e. The summed E-state index contributed by atoms with van der Waals surface area (Å²) in [7, 11) is 0. The Morgan fingerprint density at radius 1 is 1.31 bits per heavy atom. The van der Waals surface area contributed by atoms with Crippen LogP contribution >= 0.6 is 0 Å². The number of carbonyl (C=O) groups is 1. The van der Waals surface area contributed by atoms with Crippen molar-refractivity contribution >= 4 is 5.97 Å². The van der Waals surface area contributed by atoms with E-state index in [1.165, 1.54) is 0 Å². The van der Waals surface area contributed by atoms with Crippen molar-refractivity contribution in [2.24, 2.45) is 5.73 Å². The highest BCUT2D eigenvalue weighted by Crippen LogP contribution is 2.35. The lowest BCUT2D eigenvalue weighted by molar-refractivity contribution is -0.160. The molecule has 4 N–H and O–H groups in total. The number of halogens is 2. The first-order chi connectivity index (χ1) is 7.19. The minimum absolute atomic E-state index is 0.157. The van der Waals surface area contributed by atoms with Gasteiger partial charge in [-0.3, -0.25) is 0 Å². The third-order valence-electron chi connectivity index (χ3n) is 2.35. The summed E-state index contributed by atoms with van der Waals surface area (Å²) in [4.78, 5) is 10.9. The quantitative estimate of drug-likeness (QED) is 0.731. The smallest absolute Gasteiger partial charge is 0.334 e. The Balaban J connectivity index is 3.34. The van der Waals surface area contributed by atoms with E-state index in [9.17, 15) is 13.6 Å². The zero-order valence-electron chi connectivity index (χ0n) is 8.45. The van der Waals surface area contributed by atoms with Gasteiger partial charge in [-0.05, 0) is 17.7 Å². The van der Waals surface area contributed by atoms with Crippen LogP contribution in [0.3, 0.4) is 0 Å². The highest BCUT2D eigenvalue weighted by atomic mass is 19.3. The van der Waals surface area contributed by atoms with Gasteiger partial charge in [0.05, 0.1) is 0 Å². The summed E-state index contributed by atoms with van der Waals surface area (Å²) in [6.07, 6.45) is 0. The zero-order chi connectivity index (χ0) is 12.6. The summed E-state index contributed by atoms with van der Waals surface area (Å²) >= 11 is 0. The van der Waals surface area contributed by atoms with Gasteiger partial charge in [0.1, 0.15) is 5.75 Å². The van der Waals surface area contributed by atoms with Crippen LogP contribution in [0.2, 0.25) is 0 Å². The van der Waals surface area contributed by atoms with Crippen molar-refractivity contribution < 1.29 is 23.8 Å². The second-order valence-electron chi connectivity index (χ2n) is 3.55. The van der Waals surface area contributed by atoms with Gasteiger partial charge in [-0.2, -0.15) is 0 Å². The van der Waals surface area contributed by atoms with Gasteiger partial charge in [-0.1, -0.05) is 12.1 Å². The molecule has 0 saturated heterocycles. The molecule has 4 nitrogen and oxygen atoms in total. The van der Waals surface area contributed by atoms with Gasteiger partial charge in [0.15, 0.2) is 0 Å². The van der Waals surface area contributed by atoms with Crippen LogP contribution in [0.1, 0.15) is 12.5 Å². The van der Waals surface area contributed by atoms with Crippen LogP contribution in [0.5, 0.6) is 5.75 Å². The van der Waals surface area contributed by atoms with Crippen molar-refractivity contribution in [3.63, 3.8) is 0 Å². The summed E-state index contributed by atoms with van der Waals surface area (Å²) in [6.45, 7) is 0.438. The largest absolute Gasteiger partial charge is 0.508 e. The minimum Gasteiger partial charge on any atom is -0.508 e. The number of hydrogen-bond acceptors (Lipinski definition) is 3. The standard InChI is InChI=1S/C10H11F2NO3/c1-9(11,12)10(13,8(15)16)6-2-4-7(14)5-3-6/h2-5,14H,13H2,1H3,(H,15,16). The third kappa shape index (κ3) is 1.83. The Hall–Kier alpha value is -1.69. The molecule has 1 rings (SSSR count). The number of hydrogen-bond donors (Lipinski definition) is 3. The number of aromatic hydroxyl groups is 1. The Kier molecular flexibility index (Phi) is 2.87. The SMILES string of the molecule is CC(F)(F)C(N)(C(=O)O)c1ccc(O)cc1. The monoisotopic (exact) mass is 231 g/mol. The summed E-state index contributed by atoms with van der Waals surface area (Å²) < 4.78 is 26.5. The molecule has 0 saturated carbocycles. The first kappa shape index (κ1) is 12.4. The molecule has 0 heterocycles. The lowest BCUT2D eigenvalue weighted by Crippen LogP contribution is -2.57. The van der Waals surface area contributed by atoms with Crippen LogP contribution in [0.25, 0.3) is 0 Å². The van der Waals surface area contributed by atoms with Crippen LogP contribution in [-0.4, -0.2) is 22.1 Å². The fourth-order valence-electron chi connectivity index (χ4n) is 1.29. The second kappa shape index (κ2) is 3.71. The minimum atomic E-state index is -3.63. The van der Waals surface area contributed by atoms with Crippen molar-refractivity contribution in [2.45, 2.75) is 18.4 Å². The zero-order valence-corrected chi connectivity index (χ0v) is 8.45. The van der Waals surface area contributed by atoms with Crippen LogP contribution in [0.15, 0.2) is 24.3 Å². The van der Waals surface area contributed by atoms with Crippen LogP contribution < -0.4 is 5.73 Å². The van der Waals surface area contributed by atoms with Crippen molar-refractivity contribution in [3.05, 3.63) is 29.8 Å². The molecule has 1 aromatic rings. The fraction of sp³-hybridized carbons (Fsp3) is 0.300. The van der Waals surface area contributed by atoms with Gasteiger partial charge in [0.25, 0.3) is 5.92 Å². The molecule has 0 aromatic heterocycles. The summed E-state index contributed by atoms with van der Waals surface area (Å²) in [6, 6.07) is 4.32. The van der Waals surface area contributed by atoms with Gasteiger partial charge in [-0.15, -0.1) is 0 Å². The maximum absolute atomic E-state index is 13.2. The van der Waals surface area contributed by atoms with E-state index in [2.05, 4.69) is 0 Å². The molecule has 1 atom stereocenters. The Morgan fingerprint density at radius 3 is 2.06 bits per heavy atom. The first-order valence-electron chi connectivity index (χ1n) is 4.39. The number of alkyl halides is 2. The molecule has 16 heavy (non-hydrogen) atoms. The third-order valence-corrected chi connectivity index (χ3v) is 2.35. The van der Waals surface area contributed by atoms with E-state index in [1.807, 2.05) is 0 Å². The molecule has 0 aliphatic heterocycles. The van der Waals surface area contributed by atoms with Crippen LogP contribution in [-0.2, 0) is 10.3 Å². The Bertz CT molecular complexity index is 400. The average Bonchev–Trinajstić information content (AvgIpc) is 2.15. The van der Waals surface area contributed by atoms with Crippen molar-refractivity contribution in [3.8, 4) is 5.75 Å². The van der Waals surface area contributed by atoms with E-state index >= 15 is 0 Å². The molecule has 0 amide bonds. The van der Waals surface area contributed by atoms with E-state index in [0.29, 0.717) is 6.92 Å². The number of benzene rings is 1. The molecule has 0 bridgehead atoms. The van der Waals surface area contributed by atoms with Crippen molar-refractivity contribution in [2.75, 3.05) is 0 Å². The normalized spacial score (nSPS) is 15.5. The molecule has 6 heteroatoms. The summed E-state index contributed by atoms with van der Waals surface area (Å²) in [5, 5.41) is 17.8. The lowest BCUT2D eigenvalue weighted by atomic mass is 9.85. The number of carboxylic acids is 1. The van der Waals surface area contributed by atoms with E-state index in [4.69, 9.17) is 15.9 Å². The molecule has 88 valence electrons. The van der Waals surface area contributed by atoms with Gasteiger partial charge < -0.3 is 15.9 Å². The van der Waals surface area contributed by atoms with Crippen LogP contribution in [0.4, 0.5) is 8.78 Å². The van der Waals surface area contributed by atoms with Gasteiger partial charge in [0.2, 0.25) is 5.54 Å². The average molecular weight is 231 g/mol. The molecule has 0 aliphatic rings. The topological polar surface area (TPSA) is 83.6 Å². The molecule has 1 aromatic carbocycles.